The molecule has 1 aliphatic rings. The SMILES string of the molecule is O=S(=O)(c1ccc(Br)cc1)N1CCC(Nc2ccc(C(F)(F)F)cn2)CC1. The Bertz CT molecular complexity index is 879. The first-order chi connectivity index (χ1) is 12.7. The largest absolute Gasteiger partial charge is 0.417 e. The Hall–Kier alpha value is -1.65. The van der Waals surface area contributed by atoms with Crippen LogP contribution >= 0.6 is 15.9 Å². The van der Waals surface area contributed by atoms with Crippen LogP contribution in [0.15, 0.2) is 52.0 Å². The van der Waals surface area contributed by atoms with Gasteiger partial charge in [-0.25, -0.2) is 13.4 Å². The first-order valence-corrected chi connectivity index (χ1v) is 10.4. The van der Waals surface area contributed by atoms with Crippen molar-refractivity contribution in [1.82, 2.24) is 9.29 Å². The van der Waals surface area contributed by atoms with Crippen LogP contribution in [0.1, 0.15) is 18.4 Å². The van der Waals surface area contributed by atoms with Gasteiger partial charge in [-0.15, -0.1) is 0 Å². The lowest BCUT2D eigenvalue weighted by Gasteiger charge is -2.31. The van der Waals surface area contributed by atoms with Gasteiger partial charge in [-0.1, -0.05) is 15.9 Å². The van der Waals surface area contributed by atoms with Crippen molar-refractivity contribution in [2.24, 2.45) is 0 Å². The number of halogens is 4. The number of hydrogen-bond donors (Lipinski definition) is 1. The van der Waals surface area contributed by atoms with E-state index in [9.17, 15) is 21.6 Å². The molecule has 0 spiro atoms. The summed E-state index contributed by atoms with van der Waals surface area (Å²) < 4.78 is 65.3. The molecule has 0 atom stereocenters. The summed E-state index contributed by atoms with van der Waals surface area (Å²) in [6.07, 6.45) is -2.55. The summed E-state index contributed by atoms with van der Waals surface area (Å²) in [5.74, 6) is 0.345. The molecule has 1 aromatic heterocycles. The number of anilines is 1. The Morgan fingerprint density at radius 3 is 2.22 bits per heavy atom. The minimum atomic E-state index is -4.42. The fraction of sp³-hybridized carbons (Fsp3) is 0.353. The lowest BCUT2D eigenvalue weighted by atomic mass is 10.1. The Labute approximate surface area is 163 Å². The molecule has 1 aliphatic heterocycles. The molecule has 2 aromatic rings. The number of nitrogens with zero attached hydrogens (tertiary/aromatic N) is 2. The van der Waals surface area contributed by atoms with Gasteiger partial charge in [0.2, 0.25) is 10.0 Å². The molecule has 0 aliphatic carbocycles. The summed E-state index contributed by atoms with van der Waals surface area (Å²) in [6.45, 7) is 0.660. The van der Waals surface area contributed by atoms with Crippen LogP contribution in [0, 0.1) is 0 Å². The van der Waals surface area contributed by atoms with Crippen LogP contribution in [-0.2, 0) is 16.2 Å². The quantitative estimate of drug-likeness (QED) is 0.740. The van der Waals surface area contributed by atoms with Crippen molar-refractivity contribution in [3.63, 3.8) is 0 Å². The van der Waals surface area contributed by atoms with E-state index in [-0.39, 0.29) is 10.9 Å². The van der Waals surface area contributed by atoms with Crippen molar-refractivity contribution in [2.75, 3.05) is 18.4 Å². The third kappa shape index (κ3) is 4.80. The van der Waals surface area contributed by atoms with Crippen LogP contribution in [0.5, 0.6) is 0 Å². The smallest absolute Gasteiger partial charge is 0.367 e. The maximum Gasteiger partial charge on any atom is 0.417 e. The highest BCUT2D eigenvalue weighted by atomic mass is 79.9. The summed E-state index contributed by atoms with van der Waals surface area (Å²) >= 11 is 3.28. The average Bonchev–Trinajstić information content (AvgIpc) is 2.62. The third-order valence-corrected chi connectivity index (χ3v) is 6.79. The molecule has 3 rings (SSSR count). The fourth-order valence-electron chi connectivity index (χ4n) is 2.85. The molecule has 5 nitrogen and oxygen atoms in total. The van der Waals surface area contributed by atoms with Crippen molar-refractivity contribution in [3.8, 4) is 0 Å². The first-order valence-electron chi connectivity index (χ1n) is 8.22. The zero-order chi connectivity index (χ0) is 19.7. The van der Waals surface area contributed by atoms with Crippen LogP contribution in [0.2, 0.25) is 0 Å². The standard InChI is InChI=1S/C17H17BrF3N3O2S/c18-13-2-4-15(5-3-13)27(25,26)24-9-7-14(8-10-24)23-16-6-1-12(11-22-16)17(19,20)21/h1-6,11,14H,7-10H2,(H,22,23). The van der Waals surface area contributed by atoms with Crippen LogP contribution in [-0.4, -0.2) is 36.8 Å². The van der Waals surface area contributed by atoms with Gasteiger partial charge in [-0.2, -0.15) is 17.5 Å². The van der Waals surface area contributed by atoms with Gasteiger partial charge < -0.3 is 5.32 Å². The Morgan fingerprint density at radius 2 is 1.70 bits per heavy atom. The van der Waals surface area contributed by atoms with Crippen molar-refractivity contribution in [1.29, 1.82) is 0 Å². The molecule has 2 heterocycles. The fourth-order valence-corrected chi connectivity index (χ4v) is 4.59. The van der Waals surface area contributed by atoms with Crippen molar-refractivity contribution in [2.45, 2.75) is 30.0 Å². The second-order valence-electron chi connectivity index (χ2n) is 6.21. The minimum absolute atomic E-state index is 0.0504. The van der Waals surface area contributed by atoms with E-state index in [1.807, 2.05) is 0 Å². The molecule has 1 fully saturated rings. The predicted octanol–water partition coefficient (Wildman–Crippen LogP) is 4.13. The number of pyridine rings is 1. The topological polar surface area (TPSA) is 62.3 Å². The Kier molecular flexibility index (Phi) is 5.78. The molecule has 0 bridgehead atoms. The molecule has 146 valence electrons. The van der Waals surface area contributed by atoms with Gasteiger partial charge >= 0.3 is 6.18 Å². The Morgan fingerprint density at radius 1 is 1.07 bits per heavy atom. The van der Waals surface area contributed by atoms with Gasteiger partial charge in [0, 0.05) is 29.8 Å². The molecule has 1 saturated heterocycles. The number of rotatable bonds is 4. The molecule has 0 amide bonds. The number of sulfonamides is 1. The lowest BCUT2D eigenvalue weighted by molar-refractivity contribution is -0.137. The summed E-state index contributed by atoms with van der Waals surface area (Å²) in [4.78, 5) is 4.03. The van der Waals surface area contributed by atoms with Gasteiger partial charge in [0.1, 0.15) is 5.82 Å². The summed E-state index contributed by atoms with van der Waals surface area (Å²) in [7, 11) is -3.55. The molecule has 0 radical (unpaired) electrons. The average molecular weight is 464 g/mol. The molecule has 1 N–H and O–H groups in total. The van der Waals surface area contributed by atoms with E-state index >= 15 is 0 Å². The zero-order valence-electron chi connectivity index (χ0n) is 14.1. The minimum Gasteiger partial charge on any atom is -0.367 e. The molecular weight excluding hydrogens is 447 g/mol. The van der Waals surface area contributed by atoms with E-state index in [4.69, 9.17) is 0 Å². The zero-order valence-corrected chi connectivity index (χ0v) is 16.5. The number of piperidine rings is 1. The van der Waals surface area contributed by atoms with Gasteiger partial charge in [0.15, 0.2) is 0 Å². The normalized spacial score (nSPS) is 17.0. The van der Waals surface area contributed by atoms with Crippen LogP contribution in [0.25, 0.3) is 0 Å². The highest BCUT2D eigenvalue weighted by Gasteiger charge is 2.31. The monoisotopic (exact) mass is 463 g/mol. The number of benzene rings is 1. The van der Waals surface area contributed by atoms with Crippen molar-refractivity contribution >= 4 is 31.8 Å². The van der Waals surface area contributed by atoms with E-state index in [2.05, 4.69) is 26.2 Å². The Balaban J connectivity index is 1.59. The second kappa shape index (κ2) is 7.76. The van der Waals surface area contributed by atoms with Gasteiger partial charge in [0.05, 0.1) is 10.5 Å². The lowest BCUT2D eigenvalue weighted by Crippen LogP contribution is -2.42. The van der Waals surface area contributed by atoms with E-state index in [1.165, 1.54) is 10.4 Å². The number of aromatic nitrogens is 1. The molecule has 0 unspecified atom stereocenters. The highest BCUT2D eigenvalue weighted by Crippen LogP contribution is 2.29. The molecule has 10 heteroatoms. The van der Waals surface area contributed by atoms with E-state index in [0.717, 1.165) is 16.7 Å². The first kappa shape index (κ1) is 20.1. The van der Waals surface area contributed by atoms with Crippen molar-refractivity contribution in [3.05, 3.63) is 52.6 Å². The molecule has 0 saturated carbocycles. The van der Waals surface area contributed by atoms with Crippen molar-refractivity contribution < 1.29 is 21.6 Å². The van der Waals surface area contributed by atoms with Gasteiger partial charge in [-0.3, -0.25) is 0 Å². The predicted molar refractivity (Wildman–Crippen MR) is 98.8 cm³/mol. The molecule has 27 heavy (non-hydrogen) atoms. The van der Waals surface area contributed by atoms with E-state index in [0.29, 0.717) is 31.7 Å². The van der Waals surface area contributed by atoms with Gasteiger partial charge in [-0.05, 0) is 49.2 Å². The molecule has 1 aromatic carbocycles. The number of alkyl halides is 3. The summed E-state index contributed by atoms with van der Waals surface area (Å²) in [6, 6.07) is 8.67. The third-order valence-electron chi connectivity index (χ3n) is 4.35. The van der Waals surface area contributed by atoms with E-state index in [1.54, 1.807) is 24.3 Å². The van der Waals surface area contributed by atoms with Gasteiger partial charge in [0.25, 0.3) is 0 Å². The molecular formula is C17H17BrF3N3O2S. The summed E-state index contributed by atoms with van der Waals surface area (Å²) in [5.41, 5.74) is -0.802. The summed E-state index contributed by atoms with van der Waals surface area (Å²) in [5, 5.41) is 3.07. The number of nitrogens with one attached hydrogen (secondary N) is 1. The highest BCUT2D eigenvalue weighted by molar-refractivity contribution is 9.10. The maximum atomic E-state index is 12.7. The number of hydrogen-bond acceptors (Lipinski definition) is 4. The van der Waals surface area contributed by atoms with Crippen LogP contribution < -0.4 is 5.32 Å². The van der Waals surface area contributed by atoms with E-state index < -0.39 is 21.8 Å². The van der Waals surface area contributed by atoms with Crippen LogP contribution in [0.3, 0.4) is 0 Å². The second-order valence-corrected chi connectivity index (χ2v) is 9.06. The maximum absolute atomic E-state index is 12.7. The van der Waals surface area contributed by atoms with Crippen LogP contribution in [0.4, 0.5) is 19.0 Å².